The highest BCUT2D eigenvalue weighted by Crippen LogP contribution is 2.21. The fraction of sp³-hybridized carbons (Fsp3) is 0. The van der Waals surface area contributed by atoms with Gasteiger partial charge in [-0.15, -0.1) is 0 Å². The lowest BCUT2D eigenvalue weighted by Gasteiger charge is -2.07. The van der Waals surface area contributed by atoms with E-state index in [0.29, 0.717) is 11.5 Å². The molecule has 5 heteroatoms. The van der Waals surface area contributed by atoms with E-state index in [1.54, 1.807) is 24.5 Å². The molecule has 0 bridgehead atoms. The van der Waals surface area contributed by atoms with Crippen LogP contribution < -0.4 is 4.74 Å². The van der Waals surface area contributed by atoms with Gasteiger partial charge in [0.05, 0.1) is 0 Å². The largest absolute Gasteiger partial charge is 0.478 e. The summed E-state index contributed by atoms with van der Waals surface area (Å²) in [4.78, 5) is 18.5. The zero-order valence-corrected chi connectivity index (χ0v) is 11.7. The van der Waals surface area contributed by atoms with Gasteiger partial charge in [-0.2, -0.15) is 0 Å². The van der Waals surface area contributed by atoms with E-state index < -0.39 is 5.97 Å². The van der Waals surface area contributed by atoms with Gasteiger partial charge in [0.15, 0.2) is 0 Å². The van der Waals surface area contributed by atoms with Gasteiger partial charge in [-0.25, -0.2) is 4.79 Å². The van der Waals surface area contributed by atoms with E-state index in [2.05, 4.69) is 16.6 Å². The lowest BCUT2D eigenvalue weighted by Crippen LogP contribution is -1.95. The maximum absolute atomic E-state index is 10.6. The molecule has 0 aliphatic heterocycles. The molecule has 22 heavy (non-hydrogen) atoms. The fourth-order valence-electron chi connectivity index (χ4n) is 1.72. The van der Waals surface area contributed by atoms with E-state index in [1.165, 1.54) is 18.5 Å². The number of hydrogen-bond acceptors (Lipinski definition) is 4. The molecule has 0 saturated carbocycles. The SMILES string of the molecule is C=CN=C/C=C(\C=C\C(=O)O)Oc1ccc2ccncc2c1. The molecule has 2 rings (SSSR count). The summed E-state index contributed by atoms with van der Waals surface area (Å²) in [5.74, 6) is -0.136. The smallest absolute Gasteiger partial charge is 0.328 e. The molecule has 0 aliphatic rings. The van der Waals surface area contributed by atoms with Crippen LogP contribution in [0.5, 0.6) is 5.75 Å². The first-order chi connectivity index (χ1) is 10.7. The van der Waals surface area contributed by atoms with Crippen LogP contribution >= 0.6 is 0 Å². The highest BCUT2D eigenvalue weighted by Gasteiger charge is 2.00. The molecule has 2 aromatic rings. The number of aromatic nitrogens is 1. The van der Waals surface area contributed by atoms with Crippen molar-refractivity contribution in [2.24, 2.45) is 4.99 Å². The minimum Gasteiger partial charge on any atom is -0.478 e. The average Bonchev–Trinajstić information content (AvgIpc) is 2.52. The first kappa shape index (κ1) is 15.2. The first-order valence-corrected chi connectivity index (χ1v) is 6.46. The lowest BCUT2D eigenvalue weighted by atomic mass is 10.2. The second-order valence-corrected chi connectivity index (χ2v) is 4.21. The van der Waals surface area contributed by atoms with Gasteiger partial charge in [-0.3, -0.25) is 9.98 Å². The van der Waals surface area contributed by atoms with E-state index in [1.807, 2.05) is 18.2 Å². The van der Waals surface area contributed by atoms with Crippen molar-refractivity contribution in [1.29, 1.82) is 0 Å². The Balaban J connectivity index is 2.27. The van der Waals surface area contributed by atoms with Crippen molar-refractivity contribution in [1.82, 2.24) is 4.98 Å². The molecule has 110 valence electrons. The van der Waals surface area contributed by atoms with Gasteiger partial charge in [0.25, 0.3) is 0 Å². The van der Waals surface area contributed by atoms with Crippen LogP contribution in [0.2, 0.25) is 0 Å². The normalized spacial score (nSPS) is 12.1. The summed E-state index contributed by atoms with van der Waals surface area (Å²) >= 11 is 0. The van der Waals surface area contributed by atoms with Gasteiger partial charge in [0.1, 0.15) is 11.5 Å². The van der Waals surface area contributed by atoms with Crippen LogP contribution in [0.15, 0.2) is 78.4 Å². The zero-order chi connectivity index (χ0) is 15.8. The minimum absolute atomic E-state index is 0.344. The number of rotatable bonds is 6. The van der Waals surface area contributed by atoms with Crippen molar-refractivity contribution >= 4 is 23.0 Å². The number of aliphatic carboxylic acids is 1. The third kappa shape index (κ3) is 4.42. The van der Waals surface area contributed by atoms with Crippen LogP contribution in [0.1, 0.15) is 0 Å². The number of fused-ring (bicyclic) bond motifs is 1. The summed E-state index contributed by atoms with van der Waals surface area (Å²) < 4.78 is 5.68. The Morgan fingerprint density at radius 3 is 2.91 bits per heavy atom. The molecule has 0 fully saturated rings. The summed E-state index contributed by atoms with van der Waals surface area (Å²) in [5, 5.41) is 10.7. The quantitative estimate of drug-likeness (QED) is 0.384. The molecule has 0 spiro atoms. The predicted molar refractivity (Wildman–Crippen MR) is 85.9 cm³/mol. The number of benzene rings is 1. The summed E-state index contributed by atoms with van der Waals surface area (Å²) in [5.41, 5.74) is 0. The van der Waals surface area contributed by atoms with Gasteiger partial charge in [-0.05, 0) is 35.7 Å². The highest BCUT2D eigenvalue weighted by molar-refractivity contribution is 5.83. The molecule has 0 atom stereocenters. The summed E-state index contributed by atoms with van der Waals surface area (Å²) in [6.07, 6.45) is 10.2. The molecular weight excluding hydrogens is 280 g/mol. The molecule has 1 N–H and O–H groups in total. The number of ether oxygens (including phenoxy) is 1. The summed E-state index contributed by atoms with van der Waals surface area (Å²) in [6, 6.07) is 7.44. The van der Waals surface area contributed by atoms with Crippen LogP contribution in [0.25, 0.3) is 10.8 Å². The molecule has 0 aliphatic carbocycles. The van der Waals surface area contributed by atoms with Crippen molar-refractivity contribution < 1.29 is 14.6 Å². The van der Waals surface area contributed by atoms with Crippen molar-refractivity contribution in [3.05, 3.63) is 73.4 Å². The molecule has 0 saturated heterocycles. The van der Waals surface area contributed by atoms with Crippen molar-refractivity contribution in [2.45, 2.75) is 0 Å². The van der Waals surface area contributed by atoms with Gasteiger partial charge in [-0.1, -0.05) is 12.6 Å². The molecule has 0 amide bonds. The molecule has 1 aromatic heterocycles. The van der Waals surface area contributed by atoms with Gasteiger partial charge < -0.3 is 9.84 Å². The molecule has 1 heterocycles. The van der Waals surface area contributed by atoms with Gasteiger partial charge in [0, 0.05) is 36.3 Å². The minimum atomic E-state index is -1.06. The number of allylic oxidation sites excluding steroid dienone is 2. The van der Waals surface area contributed by atoms with Crippen LogP contribution in [0, 0.1) is 0 Å². The van der Waals surface area contributed by atoms with E-state index in [4.69, 9.17) is 9.84 Å². The Morgan fingerprint density at radius 2 is 2.14 bits per heavy atom. The first-order valence-electron chi connectivity index (χ1n) is 6.46. The Hall–Kier alpha value is -3.21. The topological polar surface area (TPSA) is 71.8 Å². The molecule has 1 aromatic carbocycles. The second-order valence-electron chi connectivity index (χ2n) is 4.21. The third-order valence-electron chi connectivity index (χ3n) is 2.67. The lowest BCUT2D eigenvalue weighted by molar-refractivity contribution is -0.131. The second kappa shape index (κ2) is 7.54. The van der Waals surface area contributed by atoms with Crippen LogP contribution in [-0.2, 0) is 4.79 Å². The number of carbonyl (C=O) groups is 1. The highest BCUT2D eigenvalue weighted by atomic mass is 16.5. The van der Waals surface area contributed by atoms with Crippen LogP contribution in [0.3, 0.4) is 0 Å². The predicted octanol–water partition coefficient (Wildman–Crippen LogP) is 3.35. The maximum Gasteiger partial charge on any atom is 0.328 e. The maximum atomic E-state index is 10.6. The molecule has 5 nitrogen and oxygen atoms in total. The zero-order valence-electron chi connectivity index (χ0n) is 11.7. The number of aliphatic imine (C=N–C) groups is 1. The summed E-state index contributed by atoms with van der Waals surface area (Å²) in [7, 11) is 0. The number of hydrogen-bond donors (Lipinski definition) is 1. The van der Waals surface area contributed by atoms with E-state index in [9.17, 15) is 4.79 Å². The molecular formula is C17H14N2O3. The number of carboxylic acids is 1. The number of carboxylic acid groups (broad SMARTS) is 1. The van der Waals surface area contributed by atoms with E-state index in [-0.39, 0.29) is 0 Å². The standard InChI is InChI=1S/C17H14N2O3/c1-2-18-10-8-15(5-6-17(20)21)22-16-4-3-13-7-9-19-12-14(13)11-16/h2-12H,1H2,(H,20,21)/b6-5+,15-8+,18-10?. The Kier molecular flexibility index (Phi) is 5.20. The van der Waals surface area contributed by atoms with Gasteiger partial charge >= 0.3 is 5.97 Å². The van der Waals surface area contributed by atoms with Crippen molar-refractivity contribution in [2.75, 3.05) is 0 Å². The monoisotopic (exact) mass is 294 g/mol. The molecule has 0 unspecified atom stereocenters. The number of nitrogens with zero attached hydrogens (tertiary/aromatic N) is 2. The Bertz CT molecular complexity index is 776. The molecule has 0 radical (unpaired) electrons. The Morgan fingerprint density at radius 1 is 1.27 bits per heavy atom. The fourth-order valence-corrected chi connectivity index (χ4v) is 1.72. The van der Waals surface area contributed by atoms with E-state index >= 15 is 0 Å². The van der Waals surface area contributed by atoms with Gasteiger partial charge in [0.2, 0.25) is 0 Å². The summed E-state index contributed by atoms with van der Waals surface area (Å²) in [6.45, 7) is 3.46. The van der Waals surface area contributed by atoms with E-state index in [0.717, 1.165) is 16.8 Å². The average molecular weight is 294 g/mol. The van der Waals surface area contributed by atoms with Crippen LogP contribution in [-0.4, -0.2) is 22.3 Å². The number of pyridine rings is 1. The van der Waals surface area contributed by atoms with Crippen molar-refractivity contribution in [3.8, 4) is 5.75 Å². The van der Waals surface area contributed by atoms with Crippen molar-refractivity contribution in [3.63, 3.8) is 0 Å². The Labute approximate surface area is 127 Å². The van der Waals surface area contributed by atoms with Crippen LogP contribution in [0.4, 0.5) is 0 Å². The third-order valence-corrected chi connectivity index (χ3v) is 2.67.